The second kappa shape index (κ2) is 8.53. The van der Waals surface area contributed by atoms with Gasteiger partial charge in [0.05, 0.1) is 5.75 Å². The Labute approximate surface area is 162 Å². The summed E-state index contributed by atoms with van der Waals surface area (Å²) in [4.78, 5) is 2.45. The summed E-state index contributed by atoms with van der Waals surface area (Å²) in [5.74, 6) is 0.538. The SMILES string of the molecule is C[C@@H](CS(C)(=O)=O)c1ccc(CN2CCC(c3ccc(F)cc3)CC2)cc1. The first-order valence-electron chi connectivity index (χ1n) is 9.54. The summed E-state index contributed by atoms with van der Waals surface area (Å²) in [6.07, 6.45) is 3.47. The summed E-state index contributed by atoms with van der Waals surface area (Å²) in [5.41, 5.74) is 3.56. The zero-order chi connectivity index (χ0) is 19.4. The van der Waals surface area contributed by atoms with Crippen molar-refractivity contribution in [2.45, 2.75) is 38.1 Å². The van der Waals surface area contributed by atoms with E-state index in [0.29, 0.717) is 5.92 Å². The molecule has 2 aromatic carbocycles. The highest BCUT2D eigenvalue weighted by Gasteiger charge is 2.21. The Hall–Kier alpha value is -1.72. The lowest BCUT2D eigenvalue weighted by Gasteiger charge is -2.32. The fourth-order valence-corrected chi connectivity index (χ4v) is 5.02. The topological polar surface area (TPSA) is 37.4 Å². The number of piperidine rings is 1. The molecule has 27 heavy (non-hydrogen) atoms. The van der Waals surface area contributed by atoms with E-state index in [1.54, 1.807) is 12.1 Å². The summed E-state index contributed by atoms with van der Waals surface area (Å²) in [6, 6.07) is 15.2. The normalized spacial score (nSPS) is 17.7. The van der Waals surface area contributed by atoms with Gasteiger partial charge in [-0.3, -0.25) is 4.90 Å². The Morgan fingerprint density at radius 1 is 1.04 bits per heavy atom. The fourth-order valence-electron chi connectivity index (χ4n) is 3.92. The van der Waals surface area contributed by atoms with Crippen molar-refractivity contribution < 1.29 is 12.8 Å². The van der Waals surface area contributed by atoms with Gasteiger partial charge in [0.2, 0.25) is 0 Å². The van der Waals surface area contributed by atoms with Crippen LogP contribution in [-0.4, -0.2) is 38.4 Å². The Morgan fingerprint density at radius 3 is 2.19 bits per heavy atom. The molecule has 1 fully saturated rings. The van der Waals surface area contributed by atoms with Crippen molar-refractivity contribution in [3.05, 3.63) is 71.0 Å². The summed E-state index contributed by atoms with van der Waals surface area (Å²) >= 11 is 0. The first-order valence-corrected chi connectivity index (χ1v) is 11.6. The van der Waals surface area contributed by atoms with Gasteiger partial charge in [0.15, 0.2) is 0 Å². The zero-order valence-corrected chi connectivity index (χ0v) is 16.9. The minimum absolute atomic E-state index is 0.0144. The minimum Gasteiger partial charge on any atom is -0.299 e. The van der Waals surface area contributed by atoms with Gasteiger partial charge in [-0.15, -0.1) is 0 Å². The molecule has 0 unspecified atom stereocenters. The minimum atomic E-state index is -2.96. The maximum Gasteiger partial charge on any atom is 0.148 e. The van der Waals surface area contributed by atoms with E-state index in [-0.39, 0.29) is 17.5 Å². The van der Waals surface area contributed by atoms with E-state index in [2.05, 4.69) is 29.2 Å². The first-order chi connectivity index (χ1) is 12.8. The molecule has 1 aliphatic rings. The molecule has 1 atom stereocenters. The van der Waals surface area contributed by atoms with Crippen LogP contribution in [0.4, 0.5) is 4.39 Å². The fraction of sp³-hybridized carbons (Fsp3) is 0.455. The molecule has 1 aliphatic heterocycles. The molecule has 1 heterocycles. The van der Waals surface area contributed by atoms with Gasteiger partial charge < -0.3 is 0 Å². The summed E-state index contributed by atoms with van der Waals surface area (Å²) < 4.78 is 36.0. The van der Waals surface area contributed by atoms with Gasteiger partial charge in [-0.1, -0.05) is 43.3 Å². The molecular formula is C22H28FNO2S. The molecule has 5 heteroatoms. The molecule has 0 bridgehead atoms. The number of likely N-dealkylation sites (tertiary alicyclic amines) is 1. The van der Waals surface area contributed by atoms with Gasteiger partial charge in [0.25, 0.3) is 0 Å². The smallest absolute Gasteiger partial charge is 0.148 e. The van der Waals surface area contributed by atoms with Crippen LogP contribution in [0, 0.1) is 5.82 Å². The average molecular weight is 390 g/mol. The highest BCUT2D eigenvalue weighted by atomic mass is 32.2. The third-order valence-electron chi connectivity index (χ3n) is 5.44. The van der Waals surface area contributed by atoms with Gasteiger partial charge in [-0.25, -0.2) is 12.8 Å². The van der Waals surface area contributed by atoms with E-state index in [1.165, 1.54) is 17.4 Å². The lowest BCUT2D eigenvalue weighted by molar-refractivity contribution is 0.204. The second-order valence-electron chi connectivity index (χ2n) is 7.84. The summed E-state index contributed by atoms with van der Waals surface area (Å²) in [6.45, 7) is 4.94. The second-order valence-corrected chi connectivity index (χ2v) is 10.0. The van der Waals surface area contributed by atoms with Gasteiger partial charge in [-0.2, -0.15) is 0 Å². The van der Waals surface area contributed by atoms with Crippen LogP contribution in [0.1, 0.15) is 48.3 Å². The molecule has 3 nitrogen and oxygen atoms in total. The lowest BCUT2D eigenvalue weighted by atomic mass is 9.89. The van der Waals surface area contributed by atoms with Crippen LogP contribution in [0.15, 0.2) is 48.5 Å². The Bertz CT molecular complexity index is 839. The van der Waals surface area contributed by atoms with Crippen LogP contribution in [0.25, 0.3) is 0 Å². The number of halogens is 1. The van der Waals surface area contributed by atoms with Crippen LogP contribution in [0.2, 0.25) is 0 Å². The van der Waals surface area contributed by atoms with E-state index < -0.39 is 9.84 Å². The molecule has 0 spiro atoms. The highest BCUT2D eigenvalue weighted by Crippen LogP contribution is 2.29. The number of nitrogens with zero attached hydrogens (tertiary/aromatic N) is 1. The Balaban J connectivity index is 1.52. The molecule has 0 aromatic heterocycles. The maximum absolute atomic E-state index is 13.1. The molecule has 0 N–H and O–H groups in total. The first kappa shape index (κ1) is 20.0. The predicted octanol–water partition coefficient (Wildman–Crippen LogP) is 4.35. The van der Waals surface area contributed by atoms with E-state index in [4.69, 9.17) is 0 Å². The Morgan fingerprint density at radius 2 is 1.63 bits per heavy atom. The average Bonchev–Trinajstić information content (AvgIpc) is 2.62. The number of sulfone groups is 1. The molecule has 0 radical (unpaired) electrons. The van der Waals surface area contributed by atoms with Crippen molar-refractivity contribution in [2.24, 2.45) is 0 Å². The molecule has 2 aromatic rings. The third-order valence-corrected chi connectivity index (χ3v) is 6.54. The third kappa shape index (κ3) is 5.88. The summed E-state index contributed by atoms with van der Waals surface area (Å²) in [7, 11) is -2.96. The monoisotopic (exact) mass is 389 g/mol. The number of hydrogen-bond donors (Lipinski definition) is 0. The van der Waals surface area contributed by atoms with Crippen molar-refractivity contribution in [1.29, 1.82) is 0 Å². The lowest BCUT2D eigenvalue weighted by Crippen LogP contribution is -2.32. The van der Waals surface area contributed by atoms with Crippen molar-refractivity contribution in [3.8, 4) is 0 Å². The van der Waals surface area contributed by atoms with E-state index in [0.717, 1.165) is 38.0 Å². The van der Waals surface area contributed by atoms with Gasteiger partial charge in [0, 0.05) is 12.8 Å². The van der Waals surface area contributed by atoms with Crippen LogP contribution >= 0.6 is 0 Å². The van der Waals surface area contributed by atoms with Crippen LogP contribution < -0.4 is 0 Å². The maximum atomic E-state index is 13.1. The molecule has 1 saturated heterocycles. The quantitative estimate of drug-likeness (QED) is 0.737. The molecule has 146 valence electrons. The van der Waals surface area contributed by atoms with Crippen LogP contribution in [0.3, 0.4) is 0 Å². The van der Waals surface area contributed by atoms with Gasteiger partial charge >= 0.3 is 0 Å². The standard InChI is InChI=1S/C22H28FNO2S/c1-17(16-27(2,25)26)19-5-3-18(4-6-19)15-24-13-11-21(12-14-24)20-7-9-22(23)10-8-20/h3-10,17,21H,11-16H2,1-2H3/t17-/m0/s1. The summed E-state index contributed by atoms with van der Waals surface area (Å²) in [5, 5.41) is 0. The van der Waals surface area contributed by atoms with E-state index >= 15 is 0 Å². The van der Waals surface area contributed by atoms with Gasteiger partial charge in [0.1, 0.15) is 15.7 Å². The molecular weight excluding hydrogens is 361 g/mol. The van der Waals surface area contributed by atoms with Crippen LogP contribution in [0.5, 0.6) is 0 Å². The van der Waals surface area contributed by atoms with Crippen molar-refractivity contribution in [1.82, 2.24) is 4.90 Å². The number of hydrogen-bond acceptors (Lipinski definition) is 3. The molecule has 3 rings (SSSR count). The predicted molar refractivity (Wildman–Crippen MR) is 108 cm³/mol. The zero-order valence-electron chi connectivity index (χ0n) is 16.1. The highest BCUT2D eigenvalue weighted by molar-refractivity contribution is 7.90. The Kier molecular flexibility index (Phi) is 6.33. The van der Waals surface area contributed by atoms with E-state index in [9.17, 15) is 12.8 Å². The number of benzene rings is 2. The molecule has 0 amide bonds. The van der Waals surface area contributed by atoms with Crippen molar-refractivity contribution in [3.63, 3.8) is 0 Å². The van der Waals surface area contributed by atoms with Crippen molar-refractivity contribution in [2.75, 3.05) is 25.1 Å². The number of rotatable bonds is 6. The largest absolute Gasteiger partial charge is 0.299 e. The molecule has 0 aliphatic carbocycles. The van der Waals surface area contributed by atoms with Crippen LogP contribution in [-0.2, 0) is 16.4 Å². The van der Waals surface area contributed by atoms with Crippen molar-refractivity contribution >= 4 is 9.84 Å². The molecule has 0 saturated carbocycles. The van der Waals surface area contributed by atoms with E-state index in [1.807, 2.05) is 19.1 Å². The van der Waals surface area contributed by atoms with Gasteiger partial charge in [-0.05, 0) is 66.6 Å².